The number of nitrogens with zero attached hydrogens (tertiary/aromatic N) is 4. The Kier molecular flexibility index (Phi) is 2.22. The monoisotopic (exact) mass is 225 g/mol. The lowest BCUT2D eigenvalue weighted by molar-refractivity contribution is 0.999. The van der Waals surface area contributed by atoms with E-state index in [0.29, 0.717) is 5.65 Å². The van der Waals surface area contributed by atoms with Crippen molar-refractivity contribution in [2.75, 3.05) is 5.84 Å². The fraction of sp³-hybridized carbons (Fsp3) is 0.0833. The highest BCUT2D eigenvalue weighted by Gasteiger charge is 2.08. The van der Waals surface area contributed by atoms with Crippen molar-refractivity contribution in [2.24, 2.45) is 0 Å². The summed E-state index contributed by atoms with van der Waals surface area (Å²) in [7, 11) is 0. The first-order valence-corrected chi connectivity index (χ1v) is 5.30. The molecule has 84 valence electrons. The Bertz CT molecular complexity index is 644. The van der Waals surface area contributed by atoms with Gasteiger partial charge in [0.1, 0.15) is 18.2 Å². The van der Waals surface area contributed by atoms with Gasteiger partial charge in [-0.05, 0) is 5.56 Å². The van der Waals surface area contributed by atoms with Crippen molar-refractivity contribution in [1.29, 1.82) is 0 Å². The lowest BCUT2D eigenvalue weighted by Gasteiger charge is -2.01. The largest absolute Gasteiger partial charge is 0.336 e. The minimum atomic E-state index is 0.658. The van der Waals surface area contributed by atoms with Crippen LogP contribution in [0.2, 0.25) is 0 Å². The summed E-state index contributed by atoms with van der Waals surface area (Å²) in [6.45, 7) is 0. The van der Waals surface area contributed by atoms with Crippen molar-refractivity contribution in [3.8, 4) is 0 Å². The van der Waals surface area contributed by atoms with Gasteiger partial charge in [-0.2, -0.15) is 0 Å². The van der Waals surface area contributed by atoms with E-state index < -0.39 is 0 Å². The number of hydrogen-bond donors (Lipinski definition) is 1. The average Bonchev–Trinajstić information content (AvgIpc) is 2.74. The van der Waals surface area contributed by atoms with Crippen LogP contribution in [0.3, 0.4) is 0 Å². The fourth-order valence-corrected chi connectivity index (χ4v) is 1.82. The quantitative estimate of drug-likeness (QED) is 0.664. The van der Waals surface area contributed by atoms with Gasteiger partial charge in [-0.1, -0.05) is 30.3 Å². The van der Waals surface area contributed by atoms with E-state index in [1.165, 1.54) is 16.6 Å². The van der Waals surface area contributed by atoms with Crippen LogP contribution in [0.5, 0.6) is 0 Å². The summed E-state index contributed by atoms with van der Waals surface area (Å²) in [6.07, 6.45) is 3.80. The second-order valence-electron chi connectivity index (χ2n) is 3.81. The highest BCUT2D eigenvalue weighted by Crippen LogP contribution is 2.14. The molecule has 2 aromatic heterocycles. The van der Waals surface area contributed by atoms with Gasteiger partial charge >= 0.3 is 0 Å². The number of hydrogen-bond acceptors (Lipinski definition) is 4. The van der Waals surface area contributed by atoms with E-state index in [1.807, 2.05) is 18.2 Å². The molecular formula is C12H11N5. The molecule has 0 fully saturated rings. The molecule has 3 rings (SSSR count). The van der Waals surface area contributed by atoms with Crippen LogP contribution >= 0.6 is 0 Å². The molecular weight excluding hydrogens is 214 g/mol. The molecule has 0 unspecified atom stereocenters. The number of imidazole rings is 1. The number of aromatic nitrogens is 4. The first-order valence-electron chi connectivity index (χ1n) is 5.30. The van der Waals surface area contributed by atoms with Gasteiger partial charge in [0.2, 0.25) is 0 Å². The van der Waals surface area contributed by atoms with Crippen molar-refractivity contribution in [3.05, 3.63) is 54.2 Å². The van der Waals surface area contributed by atoms with Crippen LogP contribution < -0.4 is 5.84 Å². The third-order valence-electron chi connectivity index (χ3n) is 2.65. The number of fused-ring (bicyclic) bond motifs is 1. The van der Waals surface area contributed by atoms with Crippen molar-refractivity contribution < 1.29 is 0 Å². The zero-order chi connectivity index (χ0) is 11.7. The van der Waals surface area contributed by atoms with Crippen molar-refractivity contribution >= 4 is 11.2 Å². The van der Waals surface area contributed by atoms with Crippen LogP contribution in [0, 0.1) is 0 Å². The zero-order valence-electron chi connectivity index (χ0n) is 9.11. The Balaban J connectivity index is 2.06. The molecule has 0 bridgehead atoms. The molecule has 0 saturated heterocycles. The fourth-order valence-electron chi connectivity index (χ4n) is 1.82. The molecule has 0 atom stereocenters. The van der Waals surface area contributed by atoms with Gasteiger partial charge in [0.25, 0.3) is 0 Å². The Labute approximate surface area is 97.9 Å². The van der Waals surface area contributed by atoms with Crippen LogP contribution in [0.4, 0.5) is 0 Å². The summed E-state index contributed by atoms with van der Waals surface area (Å²) in [6, 6.07) is 10.1. The highest BCUT2D eigenvalue weighted by atomic mass is 15.3. The van der Waals surface area contributed by atoms with E-state index in [-0.39, 0.29) is 0 Å². The van der Waals surface area contributed by atoms with Crippen molar-refractivity contribution in [1.82, 2.24) is 19.6 Å². The number of nitrogens with two attached hydrogens (primary N) is 1. The van der Waals surface area contributed by atoms with E-state index in [4.69, 9.17) is 5.84 Å². The minimum Gasteiger partial charge on any atom is -0.336 e. The maximum absolute atomic E-state index is 5.70. The SMILES string of the molecule is Nn1cnc2c(Cc3ccccc3)ncnc21. The van der Waals surface area contributed by atoms with Crippen LogP contribution in [0.1, 0.15) is 11.3 Å². The number of nitrogen functional groups attached to an aromatic ring is 1. The van der Waals surface area contributed by atoms with Gasteiger partial charge in [-0.3, -0.25) is 0 Å². The first-order chi connectivity index (χ1) is 8.34. The average molecular weight is 225 g/mol. The van der Waals surface area contributed by atoms with Gasteiger partial charge in [0.05, 0.1) is 5.69 Å². The standard InChI is InChI=1S/C12H11N5/c13-17-8-16-11-10(14-7-15-12(11)17)6-9-4-2-1-3-5-9/h1-5,7-8H,6,13H2. The van der Waals surface area contributed by atoms with Gasteiger partial charge in [0, 0.05) is 6.42 Å². The summed E-state index contributed by atoms with van der Waals surface area (Å²) >= 11 is 0. The Hall–Kier alpha value is -2.43. The topological polar surface area (TPSA) is 69.6 Å². The molecule has 0 radical (unpaired) electrons. The summed E-state index contributed by atoms with van der Waals surface area (Å²) in [5, 5.41) is 0. The summed E-state index contributed by atoms with van der Waals surface area (Å²) in [5.41, 5.74) is 3.51. The Morgan fingerprint density at radius 3 is 2.71 bits per heavy atom. The van der Waals surface area contributed by atoms with E-state index in [1.54, 1.807) is 6.33 Å². The Morgan fingerprint density at radius 1 is 1.06 bits per heavy atom. The number of benzene rings is 1. The van der Waals surface area contributed by atoms with Gasteiger partial charge in [-0.15, -0.1) is 0 Å². The van der Waals surface area contributed by atoms with Crippen LogP contribution in [0.25, 0.3) is 11.2 Å². The van der Waals surface area contributed by atoms with Crippen molar-refractivity contribution in [3.63, 3.8) is 0 Å². The molecule has 0 saturated carbocycles. The first kappa shape index (κ1) is 9.77. The smallest absolute Gasteiger partial charge is 0.181 e. The maximum atomic E-state index is 5.70. The lowest BCUT2D eigenvalue weighted by Crippen LogP contribution is -2.07. The predicted octanol–water partition coefficient (Wildman–Crippen LogP) is 1.13. The molecule has 0 aliphatic rings. The van der Waals surface area contributed by atoms with Crippen LogP contribution in [-0.4, -0.2) is 19.6 Å². The molecule has 5 heteroatoms. The van der Waals surface area contributed by atoms with E-state index >= 15 is 0 Å². The third-order valence-corrected chi connectivity index (χ3v) is 2.65. The van der Waals surface area contributed by atoms with Gasteiger partial charge in [-0.25, -0.2) is 19.6 Å². The third kappa shape index (κ3) is 1.71. The minimum absolute atomic E-state index is 0.658. The lowest BCUT2D eigenvalue weighted by atomic mass is 10.1. The molecule has 17 heavy (non-hydrogen) atoms. The molecule has 0 amide bonds. The summed E-state index contributed by atoms with van der Waals surface area (Å²) in [4.78, 5) is 12.6. The van der Waals surface area contributed by atoms with Crippen LogP contribution in [-0.2, 0) is 6.42 Å². The second kappa shape index (κ2) is 3.86. The Morgan fingerprint density at radius 2 is 1.88 bits per heavy atom. The zero-order valence-corrected chi connectivity index (χ0v) is 9.11. The van der Waals surface area contributed by atoms with Gasteiger partial charge < -0.3 is 5.84 Å². The van der Waals surface area contributed by atoms with Gasteiger partial charge in [0.15, 0.2) is 5.65 Å². The summed E-state index contributed by atoms with van der Waals surface area (Å²) < 4.78 is 1.41. The van der Waals surface area contributed by atoms with E-state index in [9.17, 15) is 0 Å². The molecule has 0 spiro atoms. The molecule has 2 N–H and O–H groups in total. The molecule has 5 nitrogen and oxygen atoms in total. The molecule has 3 aromatic rings. The van der Waals surface area contributed by atoms with E-state index in [0.717, 1.165) is 17.6 Å². The van der Waals surface area contributed by atoms with Crippen molar-refractivity contribution in [2.45, 2.75) is 6.42 Å². The number of rotatable bonds is 2. The highest BCUT2D eigenvalue weighted by molar-refractivity contribution is 5.73. The predicted molar refractivity (Wildman–Crippen MR) is 64.7 cm³/mol. The second-order valence-corrected chi connectivity index (χ2v) is 3.81. The molecule has 0 aliphatic carbocycles. The molecule has 0 aliphatic heterocycles. The maximum Gasteiger partial charge on any atom is 0.181 e. The normalized spacial score (nSPS) is 10.8. The van der Waals surface area contributed by atoms with Crippen LogP contribution in [0.15, 0.2) is 43.0 Å². The summed E-state index contributed by atoms with van der Waals surface area (Å²) in [5.74, 6) is 5.70. The molecule has 2 heterocycles. The van der Waals surface area contributed by atoms with E-state index in [2.05, 4.69) is 27.1 Å². The molecule has 1 aromatic carbocycles.